The van der Waals surface area contributed by atoms with Crippen LogP contribution in [0.3, 0.4) is 0 Å². The van der Waals surface area contributed by atoms with Gasteiger partial charge in [-0.1, -0.05) is 0 Å². The van der Waals surface area contributed by atoms with Crippen LogP contribution in [-0.4, -0.2) is 35.3 Å². The highest BCUT2D eigenvalue weighted by molar-refractivity contribution is 5.28. The van der Waals surface area contributed by atoms with Gasteiger partial charge >= 0.3 is 0 Å². The lowest BCUT2D eigenvalue weighted by Crippen LogP contribution is -2.30. The summed E-state index contributed by atoms with van der Waals surface area (Å²) in [6, 6.07) is 0. The Kier molecular flexibility index (Phi) is 4.97. The minimum absolute atomic E-state index is 0.374. The normalized spacial score (nSPS) is 15.5. The first-order valence-corrected chi connectivity index (χ1v) is 5.03. The van der Waals surface area contributed by atoms with Crippen LogP contribution in [0.2, 0.25) is 0 Å². The van der Waals surface area contributed by atoms with Crippen molar-refractivity contribution in [2.24, 2.45) is 0 Å². The summed E-state index contributed by atoms with van der Waals surface area (Å²) in [7, 11) is 1.00. The van der Waals surface area contributed by atoms with Gasteiger partial charge in [-0.15, -0.1) is 0 Å². The molecule has 0 bridgehead atoms. The minimum Gasteiger partial charge on any atom is -0.400 e. The topological polar surface area (TPSA) is 49.3 Å². The van der Waals surface area contributed by atoms with E-state index in [0.717, 1.165) is 20.2 Å². The fraction of sp³-hybridized carbons (Fsp3) is 0.600. The van der Waals surface area contributed by atoms with E-state index in [1.54, 1.807) is 0 Å². The molecule has 0 saturated carbocycles. The quantitative estimate of drug-likeness (QED) is 0.762. The van der Waals surface area contributed by atoms with Crippen molar-refractivity contribution in [3.05, 3.63) is 18.2 Å². The molecule has 1 aromatic heterocycles. The lowest BCUT2D eigenvalue weighted by Gasteiger charge is -2.26. The van der Waals surface area contributed by atoms with E-state index >= 15 is 0 Å². The molecule has 4 nitrogen and oxygen atoms in total. The molecule has 1 saturated heterocycles. The van der Waals surface area contributed by atoms with Gasteiger partial charge in [-0.25, -0.2) is 14.4 Å². The third kappa shape index (κ3) is 3.43. The molecule has 0 spiro atoms. The van der Waals surface area contributed by atoms with Gasteiger partial charge in [-0.05, 0) is 19.3 Å². The van der Waals surface area contributed by atoms with Gasteiger partial charge in [0.05, 0.1) is 12.4 Å². The Balaban J connectivity index is 0.000000531. The molecule has 0 unspecified atom stereocenters. The first-order valence-electron chi connectivity index (χ1n) is 5.03. The maximum absolute atomic E-state index is 12.5. The molecule has 1 fully saturated rings. The van der Waals surface area contributed by atoms with Gasteiger partial charge in [-0.3, -0.25) is 0 Å². The highest BCUT2D eigenvalue weighted by Crippen LogP contribution is 2.14. The monoisotopic (exact) mass is 213 g/mol. The van der Waals surface area contributed by atoms with Gasteiger partial charge in [0.25, 0.3) is 0 Å². The molecule has 2 heterocycles. The van der Waals surface area contributed by atoms with Gasteiger partial charge in [-0.2, -0.15) is 0 Å². The predicted molar refractivity (Wildman–Crippen MR) is 56.2 cm³/mol. The molecule has 15 heavy (non-hydrogen) atoms. The molecule has 84 valence electrons. The van der Waals surface area contributed by atoms with Crippen LogP contribution in [0.25, 0.3) is 0 Å². The van der Waals surface area contributed by atoms with Gasteiger partial charge in [0.1, 0.15) is 0 Å². The lowest BCUT2D eigenvalue weighted by atomic mass is 10.1. The number of piperidine rings is 1. The standard InChI is InChI=1S/C9H12FN3.CH4O/c10-8-6-11-9(12-7-8)13-4-2-1-3-5-13;1-2/h6-7H,1-5H2;2H,1H3. The maximum Gasteiger partial charge on any atom is 0.225 e. The minimum atomic E-state index is -0.374. The van der Waals surface area contributed by atoms with Crippen molar-refractivity contribution in [3.63, 3.8) is 0 Å². The van der Waals surface area contributed by atoms with Crippen LogP contribution >= 0.6 is 0 Å². The molecule has 0 atom stereocenters. The highest BCUT2D eigenvalue weighted by atomic mass is 19.1. The zero-order chi connectivity index (χ0) is 11.1. The van der Waals surface area contributed by atoms with E-state index in [2.05, 4.69) is 14.9 Å². The number of halogens is 1. The van der Waals surface area contributed by atoms with E-state index < -0.39 is 0 Å². The summed E-state index contributed by atoms with van der Waals surface area (Å²) in [4.78, 5) is 9.98. The van der Waals surface area contributed by atoms with Crippen LogP contribution in [0.1, 0.15) is 19.3 Å². The van der Waals surface area contributed by atoms with Gasteiger partial charge < -0.3 is 10.0 Å². The van der Waals surface area contributed by atoms with Crippen molar-refractivity contribution >= 4 is 5.95 Å². The largest absolute Gasteiger partial charge is 0.400 e. The van der Waals surface area contributed by atoms with E-state index in [-0.39, 0.29) is 5.82 Å². The highest BCUT2D eigenvalue weighted by Gasteiger charge is 2.12. The van der Waals surface area contributed by atoms with Gasteiger partial charge in [0, 0.05) is 20.2 Å². The fourth-order valence-electron chi connectivity index (χ4n) is 1.56. The first kappa shape index (κ1) is 11.8. The molecule has 0 amide bonds. The molecule has 5 heteroatoms. The lowest BCUT2D eigenvalue weighted by molar-refractivity contribution is 0.399. The first-order chi connectivity index (χ1) is 7.36. The molecule has 0 radical (unpaired) electrons. The van der Waals surface area contributed by atoms with Crippen LogP contribution in [0, 0.1) is 5.82 Å². The number of anilines is 1. The Labute approximate surface area is 88.8 Å². The maximum atomic E-state index is 12.5. The van der Waals surface area contributed by atoms with Crippen LogP contribution < -0.4 is 4.90 Å². The number of rotatable bonds is 1. The van der Waals surface area contributed by atoms with Crippen molar-refractivity contribution in [1.29, 1.82) is 0 Å². The summed E-state index contributed by atoms with van der Waals surface area (Å²) in [5.41, 5.74) is 0. The Bertz CT molecular complexity index is 273. The van der Waals surface area contributed by atoms with Crippen LogP contribution in [0.5, 0.6) is 0 Å². The summed E-state index contributed by atoms with van der Waals surface area (Å²) in [6.45, 7) is 1.98. The van der Waals surface area contributed by atoms with E-state index in [0.29, 0.717) is 5.95 Å². The average Bonchev–Trinajstić information content (AvgIpc) is 2.34. The second kappa shape index (κ2) is 6.29. The Morgan fingerprint density at radius 1 is 1.13 bits per heavy atom. The summed E-state index contributed by atoms with van der Waals surface area (Å²) in [6.07, 6.45) is 6.08. The van der Waals surface area contributed by atoms with E-state index in [9.17, 15) is 4.39 Å². The number of aliphatic hydroxyl groups is 1. The van der Waals surface area contributed by atoms with E-state index in [4.69, 9.17) is 5.11 Å². The number of hydrogen-bond donors (Lipinski definition) is 1. The number of hydrogen-bond acceptors (Lipinski definition) is 4. The second-order valence-electron chi connectivity index (χ2n) is 3.25. The molecule has 2 rings (SSSR count). The molecule has 0 aliphatic carbocycles. The summed E-state index contributed by atoms with van der Waals surface area (Å²) < 4.78 is 12.5. The average molecular weight is 213 g/mol. The molecular weight excluding hydrogens is 197 g/mol. The Hall–Kier alpha value is -1.23. The molecule has 1 aliphatic rings. The summed E-state index contributed by atoms with van der Waals surface area (Å²) in [5, 5.41) is 7.00. The molecule has 1 N–H and O–H groups in total. The third-order valence-electron chi connectivity index (χ3n) is 2.25. The molecule has 1 aliphatic heterocycles. The summed E-state index contributed by atoms with van der Waals surface area (Å²) in [5.74, 6) is 0.279. The molecule has 1 aromatic rings. The van der Waals surface area contributed by atoms with Crippen LogP contribution in [0.4, 0.5) is 10.3 Å². The van der Waals surface area contributed by atoms with Crippen molar-refractivity contribution in [1.82, 2.24) is 9.97 Å². The fourth-order valence-corrected chi connectivity index (χ4v) is 1.56. The second-order valence-corrected chi connectivity index (χ2v) is 3.25. The van der Waals surface area contributed by atoms with Crippen molar-refractivity contribution < 1.29 is 9.50 Å². The van der Waals surface area contributed by atoms with Gasteiger partial charge in [0.15, 0.2) is 5.82 Å². The smallest absolute Gasteiger partial charge is 0.225 e. The van der Waals surface area contributed by atoms with Crippen molar-refractivity contribution in [2.45, 2.75) is 19.3 Å². The Morgan fingerprint density at radius 3 is 2.20 bits per heavy atom. The predicted octanol–water partition coefficient (Wildman–Crippen LogP) is 1.21. The number of aliphatic hydroxyl groups excluding tert-OH is 1. The van der Waals surface area contributed by atoms with Crippen LogP contribution in [-0.2, 0) is 0 Å². The van der Waals surface area contributed by atoms with E-state index in [1.165, 1.54) is 31.7 Å². The number of nitrogens with zero attached hydrogens (tertiary/aromatic N) is 3. The zero-order valence-electron chi connectivity index (χ0n) is 8.86. The zero-order valence-corrected chi connectivity index (χ0v) is 8.86. The number of aromatic nitrogens is 2. The van der Waals surface area contributed by atoms with E-state index in [1.807, 2.05) is 0 Å². The molecular formula is C10H16FN3O. The molecule has 0 aromatic carbocycles. The third-order valence-corrected chi connectivity index (χ3v) is 2.25. The SMILES string of the molecule is CO.Fc1cnc(N2CCCCC2)nc1. The summed E-state index contributed by atoms with van der Waals surface area (Å²) >= 11 is 0. The van der Waals surface area contributed by atoms with Crippen molar-refractivity contribution in [3.8, 4) is 0 Å². The van der Waals surface area contributed by atoms with Crippen LogP contribution in [0.15, 0.2) is 12.4 Å². The van der Waals surface area contributed by atoms with Gasteiger partial charge in [0.2, 0.25) is 5.95 Å². The van der Waals surface area contributed by atoms with Crippen molar-refractivity contribution in [2.75, 3.05) is 25.1 Å². The Morgan fingerprint density at radius 2 is 1.67 bits per heavy atom.